The molecule has 0 fully saturated rings. The van der Waals surface area contributed by atoms with Crippen LogP contribution in [0.5, 0.6) is 0 Å². The maximum atomic E-state index is 13.9. The predicted molar refractivity (Wildman–Crippen MR) is 63.7 cm³/mol. The van der Waals surface area contributed by atoms with Gasteiger partial charge in [0.05, 0.1) is 4.92 Å². The van der Waals surface area contributed by atoms with Crippen molar-refractivity contribution in [1.29, 1.82) is 0 Å². The second-order valence-electron chi connectivity index (χ2n) is 3.92. The Balaban J connectivity index is 2.44. The van der Waals surface area contributed by atoms with Crippen molar-refractivity contribution >= 4 is 5.69 Å². The predicted octanol–water partition coefficient (Wildman–Crippen LogP) is 1.81. The van der Waals surface area contributed by atoms with Gasteiger partial charge in [-0.1, -0.05) is 5.16 Å². The van der Waals surface area contributed by atoms with E-state index in [1.54, 1.807) is 0 Å². The van der Waals surface area contributed by atoms with Crippen LogP contribution in [-0.2, 0) is 6.42 Å². The van der Waals surface area contributed by atoms with E-state index in [9.17, 15) is 18.9 Å². The van der Waals surface area contributed by atoms with E-state index in [0.717, 1.165) is 12.1 Å². The van der Waals surface area contributed by atoms with E-state index in [2.05, 4.69) is 10.1 Å². The van der Waals surface area contributed by atoms with Gasteiger partial charge in [0.15, 0.2) is 0 Å². The number of nitrogens with two attached hydrogens (primary N) is 1. The summed E-state index contributed by atoms with van der Waals surface area (Å²) in [4.78, 5) is 13.5. The molecule has 0 bridgehead atoms. The average Bonchev–Trinajstić information content (AvgIpc) is 2.84. The van der Waals surface area contributed by atoms with Crippen LogP contribution in [0, 0.1) is 21.7 Å². The van der Waals surface area contributed by atoms with E-state index in [-0.39, 0.29) is 11.7 Å². The van der Waals surface area contributed by atoms with Crippen LogP contribution in [0.4, 0.5) is 14.5 Å². The lowest BCUT2D eigenvalue weighted by molar-refractivity contribution is -0.387. The number of hydrogen-bond donors (Lipinski definition) is 1. The van der Waals surface area contributed by atoms with Gasteiger partial charge in [0.2, 0.25) is 17.5 Å². The summed E-state index contributed by atoms with van der Waals surface area (Å²) in [5.41, 5.74) is 3.78. The quantitative estimate of drug-likeness (QED) is 0.662. The van der Waals surface area contributed by atoms with Crippen LogP contribution in [-0.4, -0.2) is 21.6 Å². The third kappa shape index (κ3) is 2.62. The van der Waals surface area contributed by atoms with Gasteiger partial charge in [0.25, 0.3) is 0 Å². The van der Waals surface area contributed by atoms with E-state index in [1.807, 2.05) is 0 Å². The van der Waals surface area contributed by atoms with Crippen LogP contribution >= 0.6 is 0 Å². The minimum absolute atomic E-state index is 0.163. The molecule has 0 aliphatic carbocycles. The van der Waals surface area contributed by atoms with E-state index in [1.165, 1.54) is 0 Å². The summed E-state index contributed by atoms with van der Waals surface area (Å²) in [7, 11) is 0. The molecule has 20 heavy (non-hydrogen) atoms. The first kappa shape index (κ1) is 14.0. The first-order valence-corrected chi connectivity index (χ1v) is 5.70. The fourth-order valence-electron chi connectivity index (χ4n) is 1.60. The van der Waals surface area contributed by atoms with Crippen LogP contribution in [0.2, 0.25) is 0 Å². The average molecular weight is 284 g/mol. The van der Waals surface area contributed by atoms with Crippen molar-refractivity contribution in [2.45, 2.75) is 12.8 Å². The van der Waals surface area contributed by atoms with Gasteiger partial charge in [-0.05, 0) is 19.0 Å². The molecule has 2 N–H and O–H groups in total. The summed E-state index contributed by atoms with van der Waals surface area (Å²) in [6.45, 7) is 0.400. The van der Waals surface area contributed by atoms with Crippen LogP contribution in [0.1, 0.15) is 12.3 Å². The fourth-order valence-corrected chi connectivity index (χ4v) is 1.60. The van der Waals surface area contributed by atoms with Crippen LogP contribution in [0.15, 0.2) is 16.7 Å². The highest BCUT2D eigenvalue weighted by Gasteiger charge is 2.25. The molecule has 0 saturated heterocycles. The number of aromatic nitrogens is 2. The van der Waals surface area contributed by atoms with Crippen molar-refractivity contribution in [3.63, 3.8) is 0 Å². The molecule has 0 aliphatic heterocycles. The number of halogens is 2. The topological polar surface area (TPSA) is 108 Å². The number of nitro benzene ring substituents is 1. The lowest BCUT2D eigenvalue weighted by atomic mass is 10.1. The van der Waals surface area contributed by atoms with E-state index < -0.39 is 27.8 Å². The van der Waals surface area contributed by atoms with Crippen molar-refractivity contribution in [2.24, 2.45) is 5.73 Å². The Morgan fingerprint density at radius 3 is 2.80 bits per heavy atom. The molecule has 0 spiro atoms. The Morgan fingerprint density at radius 2 is 2.15 bits per heavy atom. The highest BCUT2D eigenvalue weighted by atomic mass is 19.1. The van der Waals surface area contributed by atoms with Gasteiger partial charge in [-0.2, -0.15) is 9.37 Å². The second kappa shape index (κ2) is 5.70. The number of hydrogen-bond acceptors (Lipinski definition) is 6. The summed E-state index contributed by atoms with van der Waals surface area (Å²) in [6, 6.07) is 1.52. The molecule has 1 heterocycles. The van der Waals surface area contributed by atoms with Crippen molar-refractivity contribution in [3.8, 4) is 11.4 Å². The SMILES string of the molecule is NCCCc1nc(-c2c(F)ccc([N+](=O)[O-])c2F)no1. The Hall–Kier alpha value is -2.42. The molecule has 2 aromatic rings. The molecule has 0 aliphatic rings. The third-order valence-electron chi connectivity index (χ3n) is 2.55. The van der Waals surface area contributed by atoms with E-state index >= 15 is 0 Å². The molecule has 0 unspecified atom stereocenters. The molecule has 0 radical (unpaired) electrons. The smallest absolute Gasteiger partial charge is 0.305 e. The standard InChI is InChI=1S/C11H10F2N4O3/c12-6-3-4-7(17(18)19)10(13)9(6)11-15-8(20-16-11)2-1-5-14/h3-4H,1-2,5,14H2. The molecule has 2 rings (SSSR count). The van der Waals surface area contributed by atoms with Crippen molar-refractivity contribution in [1.82, 2.24) is 10.1 Å². The van der Waals surface area contributed by atoms with Crippen LogP contribution < -0.4 is 5.73 Å². The molecule has 9 heteroatoms. The second-order valence-corrected chi connectivity index (χ2v) is 3.92. The van der Waals surface area contributed by atoms with Gasteiger partial charge in [-0.25, -0.2) is 4.39 Å². The zero-order chi connectivity index (χ0) is 14.7. The minimum Gasteiger partial charge on any atom is -0.339 e. The number of aryl methyl sites for hydroxylation is 1. The Kier molecular flexibility index (Phi) is 3.99. The molecule has 0 amide bonds. The number of rotatable bonds is 5. The Morgan fingerprint density at radius 1 is 1.40 bits per heavy atom. The van der Waals surface area contributed by atoms with Gasteiger partial charge < -0.3 is 10.3 Å². The van der Waals surface area contributed by atoms with Crippen LogP contribution in [0.3, 0.4) is 0 Å². The van der Waals surface area contributed by atoms with Crippen molar-refractivity contribution in [3.05, 3.63) is 39.8 Å². The van der Waals surface area contributed by atoms with Gasteiger partial charge in [0, 0.05) is 12.5 Å². The summed E-state index contributed by atoms with van der Waals surface area (Å²) in [6.07, 6.45) is 0.934. The molecule has 0 atom stereocenters. The molecular weight excluding hydrogens is 274 g/mol. The normalized spacial score (nSPS) is 10.8. The van der Waals surface area contributed by atoms with Gasteiger partial charge in [0.1, 0.15) is 11.4 Å². The van der Waals surface area contributed by atoms with E-state index in [4.69, 9.17) is 10.3 Å². The maximum absolute atomic E-state index is 13.9. The van der Waals surface area contributed by atoms with E-state index in [0.29, 0.717) is 19.4 Å². The summed E-state index contributed by atoms with van der Waals surface area (Å²) >= 11 is 0. The third-order valence-corrected chi connectivity index (χ3v) is 2.55. The Labute approximate surface area is 111 Å². The first-order chi connectivity index (χ1) is 9.54. The summed E-state index contributed by atoms with van der Waals surface area (Å²) in [5.74, 6) is -2.54. The number of nitro groups is 1. The molecule has 1 aromatic heterocycles. The highest BCUT2D eigenvalue weighted by molar-refractivity contribution is 5.61. The summed E-state index contributed by atoms with van der Waals surface area (Å²) in [5, 5.41) is 14.1. The lowest BCUT2D eigenvalue weighted by Gasteiger charge is -2.00. The van der Waals surface area contributed by atoms with Crippen molar-refractivity contribution < 1.29 is 18.2 Å². The molecule has 106 valence electrons. The first-order valence-electron chi connectivity index (χ1n) is 5.70. The molecule has 1 aromatic carbocycles. The minimum atomic E-state index is -1.33. The van der Waals surface area contributed by atoms with Gasteiger partial charge >= 0.3 is 5.69 Å². The van der Waals surface area contributed by atoms with Gasteiger partial charge in [-0.15, -0.1) is 0 Å². The monoisotopic (exact) mass is 284 g/mol. The molecular formula is C11H10F2N4O3. The largest absolute Gasteiger partial charge is 0.339 e. The zero-order valence-electron chi connectivity index (χ0n) is 10.2. The highest BCUT2D eigenvalue weighted by Crippen LogP contribution is 2.29. The lowest BCUT2D eigenvalue weighted by Crippen LogP contribution is -2.01. The molecule has 7 nitrogen and oxygen atoms in total. The molecule has 0 saturated carbocycles. The Bertz CT molecular complexity index is 645. The number of nitrogens with zero attached hydrogens (tertiary/aromatic N) is 3. The number of benzene rings is 1. The summed E-state index contributed by atoms with van der Waals surface area (Å²) < 4.78 is 32.4. The van der Waals surface area contributed by atoms with Crippen LogP contribution in [0.25, 0.3) is 11.4 Å². The fraction of sp³-hybridized carbons (Fsp3) is 0.273. The van der Waals surface area contributed by atoms with Crippen molar-refractivity contribution in [2.75, 3.05) is 6.54 Å². The van der Waals surface area contributed by atoms with Gasteiger partial charge in [-0.3, -0.25) is 10.1 Å². The maximum Gasteiger partial charge on any atom is 0.305 e. The zero-order valence-corrected chi connectivity index (χ0v) is 10.2.